The second-order valence-electron chi connectivity index (χ2n) is 4.45. The van der Waals surface area contributed by atoms with Crippen molar-refractivity contribution in [3.05, 3.63) is 30.1 Å². The molecule has 5 nitrogen and oxygen atoms in total. The van der Waals surface area contributed by atoms with Crippen LogP contribution in [0.3, 0.4) is 0 Å². The van der Waals surface area contributed by atoms with Gasteiger partial charge in [0.15, 0.2) is 0 Å². The van der Waals surface area contributed by atoms with E-state index in [1.165, 1.54) is 0 Å². The molecule has 1 aromatic heterocycles. The van der Waals surface area contributed by atoms with E-state index < -0.39 is 9.28 Å². The summed E-state index contributed by atoms with van der Waals surface area (Å²) in [6.07, 6.45) is 3.51. The third-order valence-electron chi connectivity index (χ3n) is 2.71. The van der Waals surface area contributed by atoms with Gasteiger partial charge in [0.1, 0.15) is 5.73 Å². The lowest BCUT2D eigenvalue weighted by molar-refractivity contribution is -0.146. The van der Waals surface area contributed by atoms with Gasteiger partial charge in [-0.1, -0.05) is 19.4 Å². The lowest BCUT2D eigenvalue weighted by atomic mass is 10.3. The monoisotopic (exact) mass is 310 g/mol. The normalized spacial score (nSPS) is 12.4. The molecule has 0 aliphatic rings. The molecule has 1 aromatic rings. The van der Waals surface area contributed by atoms with E-state index in [1.54, 1.807) is 6.20 Å². The molecule has 1 atom stereocenters. The Hall–Kier alpha value is -1.24. The Morgan fingerprint density at radius 3 is 2.48 bits per heavy atom. The summed E-state index contributed by atoms with van der Waals surface area (Å²) in [5, 5.41) is 0. The van der Waals surface area contributed by atoms with E-state index in [9.17, 15) is 4.79 Å². The minimum Gasteiger partial charge on any atom is -0.460 e. The van der Waals surface area contributed by atoms with Gasteiger partial charge in [-0.25, -0.2) is 0 Å². The average molecular weight is 310 g/mol. The fourth-order valence-corrected chi connectivity index (χ4v) is 3.63. The van der Waals surface area contributed by atoms with E-state index in [-0.39, 0.29) is 18.1 Å². The standard InChI is InChI=1S/C15H24NO4Si/c1-4-9-15(21(18-5-2)19-6-3)20-14(17)12-13-10-7-8-11-16-13/h7-8,10-11,15H,4-6,9,12H2,1-3H3. The summed E-state index contributed by atoms with van der Waals surface area (Å²) >= 11 is 0. The van der Waals surface area contributed by atoms with Gasteiger partial charge in [-0.05, 0) is 32.4 Å². The van der Waals surface area contributed by atoms with E-state index in [0.29, 0.717) is 18.9 Å². The fourth-order valence-electron chi connectivity index (χ4n) is 1.85. The molecule has 21 heavy (non-hydrogen) atoms. The average Bonchev–Trinajstić information content (AvgIpc) is 2.47. The lowest BCUT2D eigenvalue weighted by Gasteiger charge is -2.23. The van der Waals surface area contributed by atoms with Crippen LogP contribution in [-0.4, -0.2) is 39.2 Å². The Morgan fingerprint density at radius 1 is 1.24 bits per heavy atom. The van der Waals surface area contributed by atoms with Crippen molar-refractivity contribution in [2.75, 3.05) is 13.2 Å². The highest BCUT2D eigenvalue weighted by Crippen LogP contribution is 2.11. The Balaban J connectivity index is 2.61. The zero-order chi connectivity index (χ0) is 15.5. The smallest absolute Gasteiger partial charge is 0.429 e. The van der Waals surface area contributed by atoms with E-state index in [4.69, 9.17) is 13.6 Å². The second-order valence-corrected chi connectivity index (χ2v) is 6.31. The minimum atomic E-state index is -1.60. The number of hydrogen-bond donors (Lipinski definition) is 0. The van der Waals surface area contributed by atoms with Crippen molar-refractivity contribution in [1.82, 2.24) is 4.98 Å². The van der Waals surface area contributed by atoms with Gasteiger partial charge in [0.05, 0.1) is 12.1 Å². The van der Waals surface area contributed by atoms with Crippen LogP contribution in [0.25, 0.3) is 0 Å². The number of rotatable bonds is 10. The van der Waals surface area contributed by atoms with Gasteiger partial charge in [0, 0.05) is 19.4 Å². The highest BCUT2D eigenvalue weighted by atomic mass is 28.3. The molecule has 1 heterocycles. The summed E-state index contributed by atoms with van der Waals surface area (Å²) in [4.78, 5) is 16.2. The largest absolute Gasteiger partial charge is 0.460 e. The van der Waals surface area contributed by atoms with Gasteiger partial charge in [0.2, 0.25) is 0 Å². The molecular weight excluding hydrogens is 286 g/mol. The topological polar surface area (TPSA) is 57.7 Å². The number of ether oxygens (including phenoxy) is 1. The predicted molar refractivity (Wildman–Crippen MR) is 81.7 cm³/mol. The summed E-state index contributed by atoms with van der Waals surface area (Å²) in [6.45, 7) is 7.01. The maximum absolute atomic E-state index is 12.1. The fraction of sp³-hybridized carbons (Fsp3) is 0.600. The predicted octanol–water partition coefficient (Wildman–Crippen LogP) is 2.44. The summed E-state index contributed by atoms with van der Waals surface area (Å²) in [7, 11) is -1.60. The molecule has 0 bridgehead atoms. The van der Waals surface area contributed by atoms with E-state index in [2.05, 4.69) is 11.9 Å². The van der Waals surface area contributed by atoms with Crippen molar-refractivity contribution in [2.45, 2.75) is 45.8 Å². The van der Waals surface area contributed by atoms with Crippen LogP contribution in [0.15, 0.2) is 24.4 Å². The molecule has 0 aromatic carbocycles. The van der Waals surface area contributed by atoms with Crippen molar-refractivity contribution in [1.29, 1.82) is 0 Å². The quantitative estimate of drug-likeness (QED) is 0.491. The summed E-state index contributed by atoms with van der Waals surface area (Å²) in [6, 6.07) is 5.49. The number of carbonyl (C=O) groups is 1. The molecule has 117 valence electrons. The lowest BCUT2D eigenvalue weighted by Crippen LogP contribution is -2.41. The van der Waals surface area contributed by atoms with E-state index in [0.717, 1.165) is 12.8 Å². The summed E-state index contributed by atoms with van der Waals surface area (Å²) in [5.74, 6) is -0.283. The summed E-state index contributed by atoms with van der Waals surface area (Å²) in [5.41, 5.74) is 0.426. The first-order valence-corrected chi connectivity index (χ1v) is 8.82. The molecule has 0 aliphatic carbocycles. The number of esters is 1. The zero-order valence-electron chi connectivity index (χ0n) is 13.0. The molecule has 0 amide bonds. The highest BCUT2D eigenvalue weighted by Gasteiger charge is 2.31. The van der Waals surface area contributed by atoms with Crippen LogP contribution in [0.4, 0.5) is 0 Å². The minimum absolute atomic E-state index is 0.175. The van der Waals surface area contributed by atoms with Crippen LogP contribution < -0.4 is 0 Å². The molecule has 1 unspecified atom stereocenters. The van der Waals surface area contributed by atoms with Crippen LogP contribution in [0.5, 0.6) is 0 Å². The molecule has 0 saturated carbocycles. The Kier molecular flexibility index (Phi) is 8.89. The van der Waals surface area contributed by atoms with Gasteiger partial charge in [0.25, 0.3) is 0 Å². The van der Waals surface area contributed by atoms with Crippen molar-refractivity contribution >= 4 is 15.3 Å². The van der Waals surface area contributed by atoms with E-state index >= 15 is 0 Å². The van der Waals surface area contributed by atoms with Gasteiger partial charge in [-0.15, -0.1) is 0 Å². The van der Waals surface area contributed by atoms with E-state index in [1.807, 2.05) is 32.0 Å². The molecule has 1 rings (SSSR count). The number of aromatic nitrogens is 1. The molecule has 6 heteroatoms. The highest BCUT2D eigenvalue weighted by molar-refractivity contribution is 6.46. The van der Waals surface area contributed by atoms with Crippen LogP contribution in [0, 0.1) is 0 Å². The van der Waals surface area contributed by atoms with Gasteiger partial charge >= 0.3 is 15.3 Å². The number of hydrogen-bond acceptors (Lipinski definition) is 5. The first-order chi connectivity index (χ1) is 10.2. The Morgan fingerprint density at radius 2 is 1.95 bits per heavy atom. The summed E-state index contributed by atoms with van der Waals surface area (Å²) < 4.78 is 16.8. The third kappa shape index (κ3) is 6.84. The first kappa shape index (κ1) is 17.8. The Labute approximate surface area is 128 Å². The molecule has 0 saturated heterocycles. The van der Waals surface area contributed by atoms with Gasteiger partial charge in [-0.2, -0.15) is 0 Å². The molecular formula is C15H24NO4Si. The van der Waals surface area contributed by atoms with Crippen molar-refractivity contribution in [3.63, 3.8) is 0 Å². The van der Waals surface area contributed by atoms with Crippen molar-refractivity contribution < 1.29 is 18.4 Å². The second kappa shape index (κ2) is 10.5. The zero-order valence-corrected chi connectivity index (χ0v) is 14.0. The van der Waals surface area contributed by atoms with Crippen LogP contribution in [0.2, 0.25) is 0 Å². The number of nitrogens with zero attached hydrogens (tertiary/aromatic N) is 1. The van der Waals surface area contributed by atoms with Gasteiger partial charge in [-0.3, -0.25) is 9.78 Å². The maximum atomic E-state index is 12.1. The molecule has 0 spiro atoms. The molecule has 1 radical (unpaired) electrons. The number of pyridine rings is 1. The third-order valence-corrected chi connectivity index (χ3v) is 4.79. The SMILES string of the molecule is CCCC(OC(=O)Cc1ccccn1)[Si](OCC)OCC. The molecule has 0 fully saturated rings. The van der Waals surface area contributed by atoms with Crippen LogP contribution in [-0.2, 0) is 24.8 Å². The molecule has 0 aliphatic heterocycles. The molecule has 0 N–H and O–H groups in total. The maximum Gasteiger partial charge on any atom is 0.429 e. The van der Waals surface area contributed by atoms with Crippen molar-refractivity contribution in [2.24, 2.45) is 0 Å². The number of carbonyl (C=O) groups excluding carboxylic acids is 1. The Bertz CT molecular complexity index is 396. The first-order valence-electron chi connectivity index (χ1n) is 7.43. The van der Waals surface area contributed by atoms with Crippen LogP contribution in [0.1, 0.15) is 39.3 Å². The van der Waals surface area contributed by atoms with Crippen LogP contribution >= 0.6 is 0 Å². The van der Waals surface area contributed by atoms with Gasteiger partial charge < -0.3 is 13.6 Å². The van der Waals surface area contributed by atoms with Crippen molar-refractivity contribution in [3.8, 4) is 0 Å².